The maximum atomic E-state index is 12.6. The van der Waals surface area contributed by atoms with Crippen LogP contribution in [-0.4, -0.2) is 49.0 Å². The molecule has 4 rings (SSSR count). The van der Waals surface area contributed by atoms with Gasteiger partial charge in [-0.3, -0.25) is 14.4 Å². The van der Waals surface area contributed by atoms with E-state index in [0.29, 0.717) is 30.1 Å². The Kier molecular flexibility index (Phi) is 6.11. The number of ether oxygens (including phenoxy) is 1. The summed E-state index contributed by atoms with van der Waals surface area (Å²) >= 11 is 0. The monoisotopic (exact) mass is 434 g/mol. The number of benzene rings is 2. The minimum Gasteiger partial charge on any atom is -0.495 e. The van der Waals surface area contributed by atoms with Gasteiger partial charge in [0.25, 0.3) is 5.91 Å². The van der Waals surface area contributed by atoms with Gasteiger partial charge in [-0.05, 0) is 18.2 Å². The molecular weight excluding hydrogens is 408 g/mol. The number of carbonyl (C=O) groups is 3. The molecule has 2 N–H and O–H groups in total. The summed E-state index contributed by atoms with van der Waals surface area (Å²) in [6.07, 6.45) is 1.95. The van der Waals surface area contributed by atoms with Crippen molar-refractivity contribution in [3.63, 3.8) is 0 Å². The lowest BCUT2D eigenvalue weighted by Crippen LogP contribution is -2.38. The number of hydrogen-bond donors (Lipinski definition) is 2. The highest BCUT2D eigenvalue weighted by molar-refractivity contribution is 6.07. The quantitative estimate of drug-likeness (QED) is 0.557. The summed E-state index contributed by atoms with van der Waals surface area (Å²) in [5.74, 6) is -0.345. The van der Waals surface area contributed by atoms with Crippen LogP contribution in [0.5, 0.6) is 5.75 Å². The van der Waals surface area contributed by atoms with Crippen LogP contribution >= 0.6 is 0 Å². The Morgan fingerprint density at radius 1 is 1.06 bits per heavy atom. The molecule has 32 heavy (non-hydrogen) atoms. The number of fused-ring (bicyclic) bond motifs is 1. The molecule has 8 nitrogen and oxygen atoms in total. The van der Waals surface area contributed by atoms with Gasteiger partial charge >= 0.3 is 0 Å². The second-order valence-electron chi connectivity index (χ2n) is 7.79. The first kappa shape index (κ1) is 21.4. The second kappa shape index (κ2) is 9.13. The van der Waals surface area contributed by atoms with Gasteiger partial charge in [-0.2, -0.15) is 0 Å². The molecule has 3 aromatic rings. The molecular formula is C24H26N4O4. The molecule has 1 atom stereocenters. The smallest absolute Gasteiger partial charge is 0.253 e. The third-order valence-corrected chi connectivity index (χ3v) is 5.72. The van der Waals surface area contributed by atoms with Gasteiger partial charge in [0.05, 0.1) is 24.3 Å². The van der Waals surface area contributed by atoms with E-state index in [1.54, 1.807) is 30.3 Å². The van der Waals surface area contributed by atoms with E-state index in [1.165, 1.54) is 0 Å². The normalized spacial score (nSPS) is 15.8. The molecule has 2 aromatic carbocycles. The largest absolute Gasteiger partial charge is 0.495 e. The summed E-state index contributed by atoms with van der Waals surface area (Å²) in [6.45, 7) is 0.882. The number of para-hydroxylation sites is 3. The standard InChI is InChI=1S/C24H26N4O4/c1-27-15-18(17-7-3-4-8-19(17)27)24(31)26-12-11-25-23(30)16-13-22(29)28(14-16)20-9-5-6-10-21(20)32-2/h3-10,15-16H,11-14H2,1-2H3,(H,25,30)(H,26,31)/t16-/m0/s1. The van der Waals surface area contributed by atoms with Gasteiger partial charge in [-0.15, -0.1) is 0 Å². The number of anilines is 1. The van der Waals surface area contributed by atoms with Crippen LogP contribution in [0.25, 0.3) is 10.9 Å². The fourth-order valence-corrected chi connectivity index (χ4v) is 4.09. The van der Waals surface area contributed by atoms with Gasteiger partial charge in [0.2, 0.25) is 11.8 Å². The summed E-state index contributed by atoms with van der Waals surface area (Å²) in [5.41, 5.74) is 2.25. The summed E-state index contributed by atoms with van der Waals surface area (Å²) in [4.78, 5) is 39.2. The molecule has 8 heteroatoms. The first-order valence-electron chi connectivity index (χ1n) is 10.5. The van der Waals surface area contributed by atoms with Crippen molar-refractivity contribution in [2.24, 2.45) is 13.0 Å². The Bertz CT molecular complexity index is 1170. The number of rotatable bonds is 7. The van der Waals surface area contributed by atoms with Crippen LogP contribution < -0.4 is 20.3 Å². The maximum Gasteiger partial charge on any atom is 0.253 e. The van der Waals surface area contributed by atoms with Crippen LogP contribution in [0.3, 0.4) is 0 Å². The third-order valence-electron chi connectivity index (χ3n) is 5.72. The second-order valence-corrected chi connectivity index (χ2v) is 7.79. The number of nitrogens with one attached hydrogen (secondary N) is 2. The molecule has 1 aliphatic rings. The fraction of sp³-hybridized carbons (Fsp3) is 0.292. The Balaban J connectivity index is 1.29. The van der Waals surface area contributed by atoms with Gasteiger partial charge in [0.1, 0.15) is 5.75 Å². The van der Waals surface area contributed by atoms with Gasteiger partial charge < -0.3 is 24.8 Å². The molecule has 0 saturated carbocycles. The zero-order valence-corrected chi connectivity index (χ0v) is 18.1. The Morgan fingerprint density at radius 2 is 1.78 bits per heavy atom. The molecule has 0 radical (unpaired) electrons. The van der Waals surface area contributed by atoms with E-state index in [1.807, 2.05) is 48.0 Å². The molecule has 1 fully saturated rings. The molecule has 0 aliphatic carbocycles. The van der Waals surface area contributed by atoms with Crippen molar-refractivity contribution in [3.8, 4) is 5.75 Å². The molecule has 2 heterocycles. The highest BCUT2D eigenvalue weighted by Gasteiger charge is 2.36. The zero-order valence-electron chi connectivity index (χ0n) is 18.1. The Hall–Kier alpha value is -3.81. The van der Waals surface area contributed by atoms with Gasteiger partial charge in [0, 0.05) is 50.2 Å². The van der Waals surface area contributed by atoms with E-state index in [9.17, 15) is 14.4 Å². The van der Waals surface area contributed by atoms with Crippen LogP contribution in [0.4, 0.5) is 5.69 Å². The number of nitrogens with zero attached hydrogens (tertiary/aromatic N) is 2. The van der Waals surface area contributed by atoms with Gasteiger partial charge in [0.15, 0.2) is 0 Å². The van der Waals surface area contributed by atoms with Crippen molar-refractivity contribution >= 4 is 34.3 Å². The molecule has 1 aliphatic heterocycles. The molecule has 3 amide bonds. The van der Waals surface area contributed by atoms with Crippen LogP contribution in [0.15, 0.2) is 54.7 Å². The lowest BCUT2D eigenvalue weighted by atomic mass is 10.1. The summed E-state index contributed by atoms with van der Waals surface area (Å²) in [5, 5.41) is 6.56. The molecule has 0 spiro atoms. The molecule has 1 saturated heterocycles. The van der Waals surface area contributed by atoms with Crippen LogP contribution in [-0.2, 0) is 16.6 Å². The summed E-state index contributed by atoms with van der Waals surface area (Å²) in [7, 11) is 3.45. The van der Waals surface area contributed by atoms with Crippen molar-refractivity contribution in [1.82, 2.24) is 15.2 Å². The summed E-state index contributed by atoms with van der Waals surface area (Å²) < 4.78 is 7.25. The maximum absolute atomic E-state index is 12.6. The summed E-state index contributed by atoms with van der Waals surface area (Å²) in [6, 6.07) is 15.0. The van der Waals surface area contributed by atoms with E-state index in [4.69, 9.17) is 4.74 Å². The molecule has 1 aromatic heterocycles. The highest BCUT2D eigenvalue weighted by atomic mass is 16.5. The van der Waals surface area contributed by atoms with E-state index in [-0.39, 0.29) is 30.7 Å². The number of amides is 3. The van der Waals surface area contributed by atoms with E-state index < -0.39 is 5.92 Å². The van der Waals surface area contributed by atoms with Crippen LogP contribution in [0, 0.1) is 5.92 Å². The predicted molar refractivity (Wildman–Crippen MR) is 122 cm³/mol. The first-order chi connectivity index (χ1) is 15.5. The topological polar surface area (TPSA) is 92.7 Å². The average molecular weight is 434 g/mol. The molecule has 0 unspecified atom stereocenters. The number of aromatic nitrogens is 1. The van der Waals surface area contributed by atoms with Crippen molar-refractivity contribution in [2.75, 3.05) is 31.6 Å². The number of carbonyl (C=O) groups excluding carboxylic acids is 3. The van der Waals surface area contributed by atoms with Crippen molar-refractivity contribution in [1.29, 1.82) is 0 Å². The number of aryl methyl sites for hydroxylation is 1. The van der Waals surface area contributed by atoms with Gasteiger partial charge in [-0.1, -0.05) is 30.3 Å². The Labute approximate surface area is 186 Å². The van der Waals surface area contributed by atoms with Gasteiger partial charge in [-0.25, -0.2) is 0 Å². The molecule has 0 bridgehead atoms. The number of methoxy groups -OCH3 is 1. The SMILES string of the molecule is COc1ccccc1N1C[C@@H](C(=O)NCCNC(=O)c2cn(C)c3ccccc23)CC1=O. The Morgan fingerprint density at radius 3 is 2.59 bits per heavy atom. The average Bonchev–Trinajstić information content (AvgIpc) is 3.37. The predicted octanol–water partition coefficient (Wildman–Crippen LogP) is 2.09. The van der Waals surface area contributed by atoms with Crippen molar-refractivity contribution < 1.29 is 19.1 Å². The first-order valence-corrected chi connectivity index (χ1v) is 10.5. The van der Waals surface area contributed by atoms with Crippen molar-refractivity contribution in [2.45, 2.75) is 6.42 Å². The highest BCUT2D eigenvalue weighted by Crippen LogP contribution is 2.32. The van der Waals surface area contributed by atoms with E-state index in [2.05, 4.69) is 10.6 Å². The minimum atomic E-state index is -0.443. The lowest BCUT2D eigenvalue weighted by molar-refractivity contribution is -0.126. The van der Waals surface area contributed by atoms with Crippen molar-refractivity contribution in [3.05, 3.63) is 60.3 Å². The third kappa shape index (κ3) is 4.16. The number of hydrogen-bond acceptors (Lipinski definition) is 4. The zero-order chi connectivity index (χ0) is 22.7. The van der Waals surface area contributed by atoms with Crippen LogP contribution in [0.2, 0.25) is 0 Å². The van der Waals surface area contributed by atoms with E-state index in [0.717, 1.165) is 10.9 Å². The fourth-order valence-electron chi connectivity index (χ4n) is 4.09. The van der Waals surface area contributed by atoms with Crippen LogP contribution in [0.1, 0.15) is 16.8 Å². The van der Waals surface area contributed by atoms with E-state index >= 15 is 0 Å². The molecule has 166 valence electrons. The minimum absolute atomic E-state index is 0.112. The lowest BCUT2D eigenvalue weighted by Gasteiger charge is -2.19.